The van der Waals surface area contributed by atoms with E-state index >= 15 is 0 Å². The first-order valence-electron chi connectivity index (χ1n) is 8.43. The molecule has 1 atom stereocenters. The first kappa shape index (κ1) is 17.4. The molecule has 25 heavy (non-hydrogen) atoms. The molecule has 1 fully saturated rings. The van der Waals surface area contributed by atoms with Gasteiger partial charge in [-0.15, -0.1) is 0 Å². The largest absolute Gasteiger partial charge is 0.467 e. The number of nitrogens with zero attached hydrogens (tertiary/aromatic N) is 1. The van der Waals surface area contributed by atoms with Gasteiger partial charge in [-0.3, -0.25) is 4.79 Å². The number of carbonyl (C=O) groups excluding carboxylic acids is 2. The Bertz CT molecular complexity index is 698. The Labute approximate surface area is 145 Å². The van der Waals surface area contributed by atoms with Gasteiger partial charge in [-0.05, 0) is 25.0 Å². The highest BCUT2D eigenvalue weighted by Crippen LogP contribution is 2.30. The van der Waals surface area contributed by atoms with Gasteiger partial charge in [-0.25, -0.2) is 9.18 Å². The molecule has 1 amide bonds. The van der Waals surface area contributed by atoms with Crippen LogP contribution in [0, 0.1) is 5.82 Å². The van der Waals surface area contributed by atoms with E-state index in [-0.39, 0.29) is 12.2 Å². The molecule has 0 radical (unpaired) electrons. The van der Waals surface area contributed by atoms with Crippen LogP contribution in [0.4, 0.5) is 4.39 Å². The molecule has 6 nitrogen and oxygen atoms in total. The summed E-state index contributed by atoms with van der Waals surface area (Å²) in [4.78, 5) is 30.0. The Morgan fingerprint density at radius 3 is 2.76 bits per heavy atom. The van der Waals surface area contributed by atoms with Crippen LogP contribution in [-0.4, -0.2) is 36.3 Å². The standard InChI is InChI=1S/C18H21FN2O4/c1-24-17(23)18(8-3-2-4-9-18)20-16(22)15-11-14(21-25-15)12-6-5-7-13(19)10-12/h5-7,10,15H,2-4,8-9,11H2,1H3,(H,20,22)/t15-/m1/s1. The smallest absolute Gasteiger partial charge is 0.331 e. The maximum atomic E-state index is 13.3. The zero-order valence-electron chi connectivity index (χ0n) is 14.1. The Morgan fingerprint density at radius 2 is 2.08 bits per heavy atom. The number of nitrogens with one attached hydrogen (secondary N) is 1. The van der Waals surface area contributed by atoms with Crippen LogP contribution in [0.2, 0.25) is 0 Å². The molecule has 1 heterocycles. The summed E-state index contributed by atoms with van der Waals surface area (Å²) < 4.78 is 18.2. The fourth-order valence-corrected chi connectivity index (χ4v) is 3.40. The van der Waals surface area contributed by atoms with E-state index in [0.29, 0.717) is 24.1 Å². The summed E-state index contributed by atoms with van der Waals surface area (Å²) in [6.45, 7) is 0. The second kappa shape index (κ2) is 7.21. The maximum Gasteiger partial charge on any atom is 0.331 e. The summed E-state index contributed by atoms with van der Waals surface area (Å²) in [6.07, 6.45) is 3.24. The predicted molar refractivity (Wildman–Crippen MR) is 88.4 cm³/mol. The van der Waals surface area contributed by atoms with Crippen molar-refractivity contribution in [3.8, 4) is 0 Å². The van der Waals surface area contributed by atoms with Crippen LogP contribution < -0.4 is 5.32 Å². The zero-order chi connectivity index (χ0) is 17.9. The second-order valence-corrected chi connectivity index (χ2v) is 6.47. The molecule has 0 spiro atoms. The number of esters is 1. The van der Waals surface area contributed by atoms with Crippen LogP contribution in [0.15, 0.2) is 29.4 Å². The van der Waals surface area contributed by atoms with Gasteiger partial charge >= 0.3 is 5.97 Å². The number of oxime groups is 1. The van der Waals surface area contributed by atoms with Crippen molar-refractivity contribution in [2.45, 2.75) is 50.2 Å². The topological polar surface area (TPSA) is 77.0 Å². The number of rotatable bonds is 4. The highest BCUT2D eigenvalue weighted by atomic mass is 19.1. The van der Waals surface area contributed by atoms with E-state index < -0.39 is 23.5 Å². The van der Waals surface area contributed by atoms with Gasteiger partial charge in [0, 0.05) is 12.0 Å². The lowest BCUT2D eigenvalue weighted by Gasteiger charge is -2.35. The third-order valence-electron chi connectivity index (χ3n) is 4.76. The number of halogens is 1. The average molecular weight is 348 g/mol. The molecule has 1 aliphatic carbocycles. The maximum absolute atomic E-state index is 13.3. The minimum Gasteiger partial charge on any atom is -0.467 e. The van der Waals surface area contributed by atoms with Crippen molar-refractivity contribution in [1.29, 1.82) is 0 Å². The second-order valence-electron chi connectivity index (χ2n) is 6.47. The number of ether oxygens (including phenoxy) is 1. The third-order valence-corrected chi connectivity index (χ3v) is 4.76. The van der Waals surface area contributed by atoms with E-state index in [1.165, 1.54) is 19.2 Å². The summed E-state index contributed by atoms with van der Waals surface area (Å²) in [6, 6.07) is 5.98. The lowest BCUT2D eigenvalue weighted by molar-refractivity contribution is -0.154. The summed E-state index contributed by atoms with van der Waals surface area (Å²) in [5, 5.41) is 6.73. The molecule has 0 bridgehead atoms. The summed E-state index contributed by atoms with van der Waals surface area (Å²) in [5.74, 6) is -1.20. The molecule has 0 saturated heterocycles. The van der Waals surface area contributed by atoms with E-state index in [1.54, 1.807) is 12.1 Å². The lowest BCUT2D eigenvalue weighted by atomic mass is 9.81. The van der Waals surface area contributed by atoms with Gasteiger partial charge in [-0.2, -0.15) is 0 Å². The quantitative estimate of drug-likeness (QED) is 0.847. The van der Waals surface area contributed by atoms with Gasteiger partial charge in [0.2, 0.25) is 6.10 Å². The fourth-order valence-electron chi connectivity index (χ4n) is 3.40. The van der Waals surface area contributed by atoms with E-state index in [4.69, 9.17) is 9.57 Å². The predicted octanol–water partition coefficient (Wildman–Crippen LogP) is 2.31. The SMILES string of the molecule is COC(=O)C1(NC(=O)[C@H]2CC(c3cccc(F)c3)=NO2)CCCCC1. The summed E-state index contributed by atoms with van der Waals surface area (Å²) in [5.41, 5.74) is 0.0979. The van der Waals surface area contributed by atoms with Crippen LogP contribution in [0.5, 0.6) is 0 Å². The zero-order valence-corrected chi connectivity index (χ0v) is 14.1. The minimum atomic E-state index is -0.991. The van der Waals surface area contributed by atoms with Crippen LogP contribution in [-0.2, 0) is 19.2 Å². The molecular formula is C18H21FN2O4. The molecular weight excluding hydrogens is 327 g/mol. The van der Waals surface area contributed by atoms with Gasteiger partial charge in [0.15, 0.2) is 0 Å². The molecule has 0 unspecified atom stereocenters. The van der Waals surface area contributed by atoms with E-state index in [2.05, 4.69) is 10.5 Å². The molecule has 1 aliphatic heterocycles. The fraction of sp³-hybridized carbons (Fsp3) is 0.500. The van der Waals surface area contributed by atoms with Gasteiger partial charge in [0.05, 0.1) is 12.8 Å². The molecule has 0 aromatic heterocycles. The number of hydrogen-bond donors (Lipinski definition) is 1. The molecule has 1 aromatic rings. The summed E-state index contributed by atoms with van der Waals surface area (Å²) in [7, 11) is 1.32. The minimum absolute atomic E-state index is 0.229. The van der Waals surface area contributed by atoms with Crippen molar-refractivity contribution in [1.82, 2.24) is 5.32 Å². The first-order valence-corrected chi connectivity index (χ1v) is 8.43. The number of benzene rings is 1. The number of hydrogen-bond acceptors (Lipinski definition) is 5. The van der Waals surface area contributed by atoms with Crippen molar-refractivity contribution in [3.05, 3.63) is 35.6 Å². The van der Waals surface area contributed by atoms with Crippen LogP contribution in [0.1, 0.15) is 44.1 Å². The third kappa shape index (κ3) is 3.65. The van der Waals surface area contributed by atoms with Crippen LogP contribution in [0.25, 0.3) is 0 Å². The van der Waals surface area contributed by atoms with Gasteiger partial charge in [0.25, 0.3) is 5.91 Å². The molecule has 3 rings (SSSR count). The van der Waals surface area contributed by atoms with E-state index in [9.17, 15) is 14.0 Å². The molecule has 2 aliphatic rings. The van der Waals surface area contributed by atoms with Gasteiger partial charge in [-0.1, -0.05) is 36.6 Å². The van der Waals surface area contributed by atoms with Gasteiger partial charge in [0.1, 0.15) is 11.4 Å². The monoisotopic (exact) mass is 348 g/mol. The Morgan fingerprint density at radius 1 is 1.32 bits per heavy atom. The first-order chi connectivity index (χ1) is 12.0. The van der Waals surface area contributed by atoms with Crippen LogP contribution in [0.3, 0.4) is 0 Å². The highest BCUT2D eigenvalue weighted by Gasteiger charge is 2.44. The normalized spacial score (nSPS) is 21.8. The molecule has 7 heteroatoms. The van der Waals surface area contributed by atoms with Crippen molar-refractivity contribution in [3.63, 3.8) is 0 Å². The molecule has 134 valence electrons. The lowest BCUT2D eigenvalue weighted by Crippen LogP contribution is -2.58. The summed E-state index contributed by atoms with van der Waals surface area (Å²) >= 11 is 0. The van der Waals surface area contributed by atoms with Crippen LogP contribution >= 0.6 is 0 Å². The number of carbonyl (C=O) groups is 2. The van der Waals surface area contributed by atoms with Crippen molar-refractivity contribution >= 4 is 17.6 Å². The Hall–Kier alpha value is -2.44. The van der Waals surface area contributed by atoms with Crippen molar-refractivity contribution < 1.29 is 23.6 Å². The Balaban J connectivity index is 1.67. The van der Waals surface area contributed by atoms with Gasteiger partial charge < -0.3 is 14.9 Å². The Kier molecular flexibility index (Phi) is 5.01. The average Bonchev–Trinajstić information content (AvgIpc) is 3.12. The van der Waals surface area contributed by atoms with E-state index in [0.717, 1.165) is 19.3 Å². The van der Waals surface area contributed by atoms with Crippen molar-refractivity contribution in [2.75, 3.05) is 7.11 Å². The van der Waals surface area contributed by atoms with E-state index in [1.807, 2.05) is 0 Å². The molecule has 1 saturated carbocycles. The molecule has 1 aromatic carbocycles. The number of amides is 1. The molecule has 1 N–H and O–H groups in total. The highest BCUT2D eigenvalue weighted by molar-refractivity contribution is 6.04. The van der Waals surface area contributed by atoms with Crippen molar-refractivity contribution in [2.24, 2.45) is 5.16 Å². The number of methoxy groups -OCH3 is 1.